The first-order chi connectivity index (χ1) is 15.0. The maximum Gasteiger partial charge on any atom is 0.319 e. The molecular weight excluding hydrogens is 394 g/mol. The Morgan fingerprint density at radius 2 is 1.97 bits per heavy atom. The Labute approximate surface area is 181 Å². The van der Waals surface area contributed by atoms with Crippen molar-refractivity contribution in [3.05, 3.63) is 54.6 Å². The fourth-order valence-corrected chi connectivity index (χ4v) is 4.01. The van der Waals surface area contributed by atoms with Crippen LogP contribution in [0.5, 0.6) is 0 Å². The third-order valence-electron chi connectivity index (χ3n) is 5.74. The van der Waals surface area contributed by atoms with Crippen LogP contribution in [0.2, 0.25) is 0 Å². The largest absolute Gasteiger partial charge is 0.468 e. The molecule has 3 aromatic rings. The number of furan rings is 1. The summed E-state index contributed by atoms with van der Waals surface area (Å²) in [7, 11) is 3.49. The van der Waals surface area contributed by atoms with E-state index in [1.807, 2.05) is 47.2 Å². The molecule has 0 saturated carbocycles. The Morgan fingerprint density at radius 3 is 2.68 bits per heavy atom. The van der Waals surface area contributed by atoms with Crippen molar-refractivity contribution >= 4 is 28.5 Å². The highest BCUT2D eigenvalue weighted by Gasteiger charge is 2.25. The number of amides is 3. The van der Waals surface area contributed by atoms with E-state index in [4.69, 9.17) is 4.42 Å². The van der Waals surface area contributed by atoms with E-state index in [1.165, 1.54) is 12.8 Å². The number of nitrogens with zero attached hydrogens (tertiary/aromatic N) is 3. The van der Waals surface area contributed by atoms with E-state index in [2.05, 4.69) is 15.5 Å². The lowest BCUT2D eigenvalue weighted by atomic mass is 10.2. The Morgan fingerprint density at radius 1 is 1.16 bits per heavy atom. The Bertz CT molecular complexity index is 1030. The van der Waals surface area contributed by atoms with Crippen LogP contribution in [0.15, 0.2) is 53.3 Å². The molecule has 8 heteroatoms. The SMILES string of the molecule is CN(C)C(=O)Cn1ccc2cc(NC(=O)NCC(c3ccco3)N3CCCC3)ccc21. The smallest absolute Gasteiger partial charge is 0.319 e. The van der Waals surface area contributed by atoms with Crippen molar-refractivity contribution in [3.63, 3.8) is 0 Å². The number of carbonyl (C=O) groups excluding carboxylic acids is 2. The minimum Gasteiger partial charge on any atom is -0.468 e. The Kier molecular flexibility index (Phi) is 6.27. The van der Waals surface area contributed by atoms with Gasteiger partial charge in [0, 0.05) is 43.4 Å². The fraction of sp³-hybridized carbons (Fsp3) is 0.391. The normalized spacial score (nSPS) is 15.2. The number of aromatic nitrogens is 1. The van der Waals surface area contributed by atoms with Crippen LogP contribution in [0.1, 0.15) is 24.6 Å². The molecule has 1 aliphatic heterocycles. The van der Waals surface area contributed by atoms with Crippen molar-refractivity contribution in [2.45, 2.75) is 25.4 Å². The minimum atomic E-state index is -0.252. The summed E-state index contributed by atoms with van der Waals surface area (Å²) in [5, 5.41) is 6.86. The molecule has 2 aromatic heterocycles. The summed E-state index contributed by atoms with van der Waals surface area (Å²) < 4.78 is 7.52. The Hall–Kier alpha value is -3.26. The van der Waals surface area contributed by atoms with Crippen molar-refractivity contribution in [2.24, 2.45) is 0 Å². The number of nitrogens with one attached hydrogen (secondary N) is 2. The summed E-state index contributed by atoms with van der Waals surface area (Å²) in [6, 6.07) is 11.3. The molecule has 1 saturated heterocycles. The van der Waals surface area contributed by atoms with Gasteiger partial charge in [0.05, 0.1) is 12.3 Å². The highest BCUT2D eigenvalue weighted by Crippen LogP contribution is 2.25. The average molecular weight is 424 g/mol. The number of hydrogen-bond acceptors (Lipinski definition) is 4. The summed E-state index contributed by atoms with van der Waals surface area (Å²) in [4.78, 5) is 28.5. The van der Waals surface area contributed by atoms with Crippen molar-refractivity contribution in [1.29, 1.82) is 0 Å². The number of hydrogen-bond donors (Lipinski definition) is 2. The fourth-order valence-electron chi connectivity index (χ4n) is 4.01. The third kappa shape index (κ3) is 4.91. The summed E-state index contributed by atoms with van der Waals surface area (Å²) >= 11 is 0. The predicted octanol–water partition coefficient (Wildman–Crippen LogP) is 3.28. The first-order valence-electron chi connectivity index (χ1n) is 10.6. The van der Waals surface area contributed by atoms with Crippen LogP contribution in [-0.2, 0) is 11.3 Å². The first kappa shape index (κ1) is 21.0. The number of fused-ring (bicyclic) bond motifs is 1. The minimum absolute atomic E-state index is 0.0307. The van der Waals surface area contributed by atoms with Crippen molar-refractivity contribution in [1.82, 2.24) is 19.7 Å². The predicted molar refractivity (Wildman–Crippen MR) is 120 cm³/mol. The summed E-state index contributed by atoms with van der Waals surface area (Å²) in [5.41, 5.74) is 1.66. The number of rotatable bonds is 7. The molecule has 0 radical (unpaired) electrons. The van der Waals surface area contributed by atoms with Gasteiger partial charge in [-0.15, -0.1) is 0 Å². The molecule has 1 aliphatic rings. The maximum absolute atomic E-state index is 12.5. The lowest BCUT2D eigenvalue weighted by molar-refractivity contribution is -0.129. The van der Waals surface area contributed by atoms with E-state index in [1.54, 1.807) is 25.3 Å². The molecule has 4 rings (SSSR count). The van der Waals surface area contributed by atoms with E-state index < -0.39 is 0 Å². The topological polar surface area (TPSA) is 82.8 Å². The second kappa shape index (κ2) is 9.26. The summed E-state index contributed by atoms with van der Waals surface area (Å²) in [6.45, 7) is 2.79. The molecule has 3 heterocycles. The summed E-state index contributed by atoms with van der Waals surface area (Å²) in [5.74, 6) is 0.903. The molecule has 0 bridgehead atoms. The van der Waals surface area contributed by atoms with Gasteiger partial charge >= 0.3 is 6.03 Å². The highest BCUT2D eigenvalue weighted by atomic mass is 16.3. The van der Waals surface area contributed by atoms with Crippen LogP contribution in [-0.4, -0.2) is 60.0 Å². The van der Waals surface area contributed by atoms with Crippen molar-refractivity contribution < 1.29 is 14.0 Å². The van der Waals surface area contributed by atoms with Gasteiger partial charge in [-0.1, -0.05) is 0 Å². The number of likely N-dealkylation sites (N-methyl/N-ethyl adjacent to an activating group) is 1. The lowest BCUT2D eigenvalue weighted by Gasteiger charge is -2.26. The molecule has 1 fully saturated rings. The second-order valence-corrected chi connectivity index (χ2v) is 8.11. The monoisotopic (exact) mass is 423 g/mol. The molecule has 8 nitrogen and oxygen atoms in total. The third-order valence-corrected chi connectivity index (χ3v) is 5.74. The highest BCUT2D eigenvalue weighted by molar-refractivity contribution is 5.93. The second-order valence-electron chi connectivity index (χ2n) is 8.11. The molecular formula is C23H29N5O3. The van der Waals surface area contributed by atoms with Gasteiger partial charge in [0.1, 0.15) is 12.3 Å². The van der Waals surface area contributed by atoms with E-state index >= 15 is 0 Å². The number of likely N-dealkylation sites (tertiary alicyclic amines) is 1. The zero-order valence-corrected chi connectivity index (χ0v) is 18.0. The van der Waals surface area contributed by atoms with Crippen LogP contribution in [0, 0.1) is 0 Å². The standard InChI is InChI=1S/C23H29N5O3/c1-26(2)22(29)16-28-12-9-17-14-18(7-8-19(17)28)25-23(30)24-15-20(21-6-5-13-31-21)27-10-3-4-11-27/h5-9,12-14,20H,3-4,10-11,15-16H2,1-2H3,(H2,24,25,30). The van der Waals surface area contributed by atoms with E-state index in [9.17, 15) is 9.59 Å². The van der Waals surface area contributed by atoms with E-state index in [0.29, 0.717) is 12.2 Å². The molecule has 1 aromatic carbocycles. The maximum atomic E-state index is 12.5. The van der Waals surface area contributed by atoms with Crippen molar-refractivity contribution in [3.8, 4) is 0 Å². The Balaban J connectivity index is 1.38. The average Bonchev–Trinajstić information content (AvgIpc) is 3.51. The van der Waals surface area contributed by atoms with Crippen LogP contribution in [0.4, 0.5) is 10.5 Å². The number of anilines is 1. The molecule has 31 heavy (non-hydrogen) atoms. The molecule has 1 atom stereocenters. The zero-order valence-electron chi connectivity index (χ0n) is 18.0. The van der Waals surface area contributed by atoms with Gasteiger partial charge in [-0.3, -0.25) is 9.69 Å². The van der Waals surface area contributed by atoms with E-state index in [-0.39, 0.29) is 24.5 Å². The number of benzene rings is 1. The van der Waals surface area contributed by atoms with Gasteiger partial charge in [-0.05, 0) is 62.3 Å². The van der Waals surface area contributed by atoms with Gasteiger partial charge in [-0.25, -0.2) is 4.79 Å². The van der Waals surface area contributed by atoms with Gasteiger partial charge in [0.15, 0.2) is 0 Å². The van der Waals surface area contributed by atoms with Crippen LogP contribution in [0.3, 0.4) is 0 Å². The molecule has 1 unspecified atom stereocenters. The molecule has 2 N–H and O–H groups in total. The van der Waals surface area contributed by atoms with Gasteiger partial charge in [-0.2, -0.15) is 0 Å². The van der Waals surface area contributed by atoms with Crippen LogP contribution < -0.4 is 10.6 Å². The number of carbonyl (C=O) groups is 2. The molecule has 0 spiro atoms. The molecule has 0 aliphatic carbocycles. The summed E-state index contributed by atoms with van der Waals surface area (Å²) in [6.07, 6.45) is 5.90. The van der Waals surface area contributed by atoms with Gasteiger partial charge < -0.3 is 24.5 Å². The first-order valence-corrected chi connectivity index (χ1v) is 10.6. The quantitative estimate of drug-likeness (QED) is 0.611. The van der Waals surface area contributed by atoms with Crippen LogP contribution in [0.25, 0.3) is 10.9 Å². The zero-order chi connectivity index (χ0) is 21.8. The van der Waals surface area contributed by atoms with Crippen LogP contribution >= 0.6 is 0 Å². The molecule has 3 amide bonds. The van der Waals surface area contributed by atoms with E-state index in [0.717, 1.165) is 29.8 Å². The van der Waals surface area contributed by atoms with Gasteiger partial charge in [0.25, 0.3) is 0 Å². The number of urea groups is 1. The molecule has 164 valence electrons. The van der Waals surface area contributed by atoms with Gasteiger partial charge in [0.2, 0.25) is 5.91 Å². The van der Waals surface area contributed by atoms with Crippen molar-refractivity contribution in [2.75, 3.05) is 39.0 Å². The lowest BCUT2D eigenvalue weighted by Crippen LogP contribution is -2.38.